The number of allylic oxidation sites excluding steroid dienone is 4. The van der Waals surface area contributed by atoms with Crippen molar-refractivity contribution in [3.8, 4) is 0 Å². The Hall–Kier alpha value is -1.17. The van der Waals surface area contributed by atoms with Gasteiger partial charge in [0, 0.05) is 0 Å². The highest BCUT2D eigenvalue weighted by atomic mass is 16.3. The Morgan fingerprint density at radius 1 is 0.357 bits per heavy atom. The molecule has 3 unspecified atom stereocenters. The lowest BCUT2D eigenvalue weighted by atomic mass is 10.0. The van der Waals surface area contributed by atoms with Crippen LogP contribution in [-0.4, -0.2) is 46.1 Å². The van der Waals surface area contributed by atoms with Crippen molar-refractivity contribution in [1.29, 1.82) is 0 Å². The molecule has 0 aliphatic rings. The summed E-state index contributed by atoms with van der Waals surface area (Å²) in [6, 6.07) is -0.658. The summed E-state index contributed by atoms with van der Waals surface area (Å²) in [5, 5.41) is 33.7. The van der Waals surface area contributed by atoms with Crippen LogP contribution in [0.2, 0.25) is 0 Å². The van der Waals surface area contributed by atoms with Gasteiger partial charge in [-0.3, -0.25) is 4.79 Å². The zero-order valence-corrected chi connectivity index (χ0v) is 47.7. The fourth-order valence-corrected chi connectivity index (χ4v) is 10.4. The van der Waals surface area contributed by atoms with E-state index in [0.717, 1.165) is 32.1 Å². The minimum absolute atomic E-state index is 0.0396. The van der Waals surface area contributed by atoms with E-state index >= 15 is 0 Å². The first-order valence-electron chi connectivity index (χ1n) is 32.1. The van der Waals surface area contributed by atoms with Crippen molar-refractivity contribution < 1.29 is 20.1 Å². The fourth-order valence-electron chi connectivity index (χ4n) is 10.4. The molecule has 5 nitrogen and oxygen atoms in total. The molecule has 3 atom stereocenters. The molecule has 0 aliphatic heterocycles. The van der Waals surface area contributed by atoms with E-state index in [-0.39, 0.29) is 18.9 Å². The van der Waals surface area contributed by atoms with E-state index in [0.29, 0.717) is 12.8 Å². The third-order valence-corrected chi connectivity index (χ3v) is 15.3. The van der Waals surface area contributed by atoms with Gasteiger partial charge in [-0.05, 0) is 44.9 Å². The molecule has 0 fully saturated rings. The van der Waals surface area contributed by atoms with Crippen LogP contribution in [0.3, 0.4) is 0 Å². The van der Waals surface area contributed by atoms with Gasteiger partial charge in [-0.25, -0.2) is 0 Å². The Morgan fingerprint density at radius 3 is 0.900 bits per heavy atom. The number of aliphatic hydroxyl groups excluding tert-OH is 3. The van der Waals surface area contributed by atoms with Gasteiger partial charge in [0.1, 0.15) is 0 Å². The average molecular weight is 987 g/mol. The highest BCUT2D eigenvalue weighted by Gasteiger charge is 2.21. The van der Waals surface area contributed by atoms with Crippen molar-refractivity contribution >= 4 is 5.91 Å². The smallest absolute Gasteiger partial charge is 0.222 e. The predicted octanol–water partition coefficient (Wildman–Crippen LogP) is 20.4. The highest BCUT2D eigenvalue weighted by molar-refractivity contribution is 5.76. The van der Waals surface area contributed by atoms with Crippen molar-refractivity contribution in [2.45, 2.75) is 379 Å². The van der Waals surface area contributed by atoms with E-state index in [1.54, 1.807) is 0 Å². The molecule has 0 spiro atoms. The van der Waals surface area contributed by atoms with Gasteiger partial charge in [-0.15, -0.1) is 0 Å². The second kappa shape index (κ2) is 60.4. The summed E-state index contributed by atoms with van der Waals surface area (Å²) in [6.45, 7) is 4.31. The molecular formula is C65H127NO4. The van der Waals surface area contributed by atoms with Gasteiger partial charge in [0.15, 0.2) is 0 Å². The van der Waals surface area contributed by atoms with Gasteiger partial charge >= 0.3 is 0 Å². The van der Waals surface area contributed by atoms with Crippen molar-refractivity contribution in [2.24, 2.45) is 0 Å². The van der Waals surface area contributed by atoms with Gasteiger partial charge in [0.05, 0.1) is 31.3 Å². The molecule has 0 aliphatic carbocycles. The lowest BCUT2D eigenvalue weighted by Gasteiger charge is -2.23. The lowest BCUT2D eigenvalue weighted by Crippen LogP contribution is -2.46. The summed E-state index contributed by atoms with van der Waals surface area (Å²) in [6.07, 6.45) is 78.0. The normalized spacial score (nSPS) is 13.3. The van der Waals surface area contributed by atoms with Crippen LogP contribution >= 0.6 is 0 Å². The van der Waals surface area contributed by atoms with E-state index in [2.05, 4.69) is 43.5 Å². The minimum atomic E-state index is -0.749. The molecule has 70 heavy (non-hydrogen) atoms. The number of hydrogen-bond acceptors (Lipinski definition) is 4. The van der Waals surface area contributed by atoms with E-state index in [1.807, 2.05) is 0 Å². The molecule has 0 saturated carbocycles. The molecule has 0 radical (unpaired) electrons. The van der Waals surface area contributed by atoms with Gasteiger partial charge in [0.25, 0.3) is 0 Å². The number of carbonyl (C=O) groups excluding carboxylic acids is 1. The number of amides is 1. The standard InChI is InChI=1S/C65H127NO4/c1-3-5-7-9-11-13-15-17-19-21-23-25-26-27-28-29-30-31-32-33-34-35-36-37-38-39-40-42-44-46-48-50-52-54-56-58-62(68)60-65(70)66-63(61-67)64(69)59-57-55-53-51-49-47-45-43-41-24-22-20-18-16-14-12-10-8-6-4-2/h28-29,31-32,62-64,67-69H,3-27,30,33-61H2,1-2H3,(H,66,70)/b29-28-,32-31-. The topological polar surface area (TPSA) is 89.8 Å². The Labute approximate surface area is 439 Å². The van der Waals surface area contributed by atoms with E-state index in [9.17, 15) is 20.1 Å². The Morgan fingerprint density at radius 2 is 0.614 bits per heavy atom. The van der Waals surface area contributed by atoms with E-state index in [4.69, 9.17) is 0 Å². The number of aliphatic hydroxyl groups is 3. The summed E-state index contributed by atoms with van der Waals surface area (Å²) < 4.78 is 0. The third kappa shape index (κ3) is 56.1. The van der Waals surface area contributed by atoms with E-state index in [1.165, 1.54) is 295 Å². The molecule has 0 aromatic carbocycles. The van der Waals surface area contributed by atoms with Gasteiger partial charge in [0.2, 0.25) is 5.91 Å². The highest BCUT2D eigenvalue weighted by Crippen LogP contribution is 2.19. The number of unbranched alkanes of at least 4 members (excludes halogenated alkanes) is 47. The second-order valence-electron chi connectivity index (χ2n) is 22.4. The maximum Gasteiger partial charge on any atom is 0.222 e. The summed E-state index contributed by atoms with van der Waals surface area (Å²) in [5.41, 5.74) is 0. The van der Waals surface area contributed by atoms with Crippen LogP contribution in [0.4, 0.5) is 0 Å². The summed E-state index contributed by atoms with van der Waals surface area (Å²) in [5.74, 6) is -0.277. The molecule has 0 bridgehead atoms. The Kier molecular flexibility index (Phi) is 59.4. The van der Waals surface area contributed by atoms with Crippen molar-refractivity contribution in [3.05, 3.63) is 24.3 Å². The monoisotopic (exact) mass is 986 g/mol. The van der Waals surface area contributed by atoms with Gasteiger partial charge in [-0.1, -0.05) is 334 Å². The van der Waals surface area contributed by atoms with Crippen LogP contribution < -0.4 is 5.32 Å². The summed E-state index contributed by atoms with van der Waals surface area (Å²) >= 11 is 0. The third-order valence-electron chi connectivity index (χ3n) is 15.3. The zero-order chi connectivity index (χ0) is 50.7. The quantitative estimate of drug-likeness (QED) is 0.0361. The Balaban J connectivity index is 3.47. The minimum Gasteiger partial charge on any atom is -0.394 e. The van der Waals surface area contributed by atoms with Gasteiger partial charge in [-0.2, -0.15) is 0 Å². The number of nitrogens with one attached hydrogen (secondary N) is 1. The number of rotatable bonds is 60. The first-order valence-corrected chi connectivity index (χ1v) is 32.1. The predicted molar refractivity (Wildman–Crippen MR) is 310 cm³/mol. The molecule has 1 amide bonds. The van der Waals surface area contributed by atoms with Crippen LogP contribution in [0.25, 0.3) is 0 Å². The van der Waals surface area contributed by atoms with Crippen LogP contribution in [0.1, 0.15) is 361 Å². The largest absolute Gasteiger partial charge is 0.394 e. The second-order valence-corrected chi connectivity index (χ2v) is 22.4. The van der Waals surface area contributed by atoms with Gasteiger partial charge < -0.3 is 20.6 Å². The molecule has 0 aromatic rings. The van der Waals surface area contributed by atoms with Crippen LogP contribution in [-0.2, 0) is 4.79 Å². The van der Waals surface area contributed by atoms with E-state index < -0.39 is 18.2 Å². The maximum atomic E-state index is 12.6. The molecule has 4 N–H and O–H groups in total. The summed E-state index contributed by atoms with van der Waals surface area (Å²) in [4.78, 5) is 12.6. The van der Waals surface area contributed by atoms with Crippen molar-refractivity contribution in [2.75, 3.05) is 6.61 Å². The molecule has 0 saturated heterocycles. The fraction of sp³-hybridized carbons (Fsp3) is 0.923. The first kappa shape index (κ1) is 68.8. The van der Waals surface area contributed by atoms with Crippen LogP contribution in [0, 0.1) is 0 Å². The first-order chi connectivity index (χ1) is 34.5. The Bertz CT molecular complexity index is 1040. The number of carbonyl (C=O) groups is 1. The zero-order valence-electron chi connectivity index (χ0n) is 47.7. The molecule has 0 heterocycles. The maximum absolute atomic E-state index is 12.6. The van der Waals surface area contributed by atoms with Crippen molar-refractivity contribution in [3.63, 3.8) is 0 Å². The molecule has 0 aromatic heterocycles. The lowest BCUT2D eigenvalue weighted by molar-refractivity contribution is -0.125. The van der Waals surface area contributed by atoms with Crippen molar-refractivity contribution in [1.82, 2.24) is 5.32 Å². The molecule has 0 rings (SSSR count). The van der Waals surface area contributed by atoms with Crippen LogP contribution in [0.15, 0.2) is 24.3 Å². The number of hydrogen-bond donors (Lipinski definition) is 4. The average Bonchev–Trinajstić information content (AvgIpc) is 3.36. The molecular weight excluding hydrogens is 859 g/mol. The molecule has 5 heteroatoms. The summed E-state index contributed by atoms with van der Waals surface area (Å²) in [7, 11) is 0. The molecule has 416 valence electrons. The van der Waals surface area contributed by atoms with Crippen LogP contribution in [0.5, 0.6) is 0 Å². The SMILES string of the molecule is CCCCCCCCCCCCCCC/C=C\C/C=C\CCCCCCCCCCCCCCCCCC(O)CC(=O)NC(CO)C(O)CCCCCCCCCCCCCCCCCCCCCC.